The summed E-state index contributed by atoms with van der Waals surface area (Å²) in [4.78, 5) is 13.2. The van der Waals surface area contributed by atoms with Crippen LogP contribution in [0.3, 0.4) is 0 Å². The number of phenolic OH excluding ortho intramolecular Hbond substituents is 1. The van der Waals surface area contributed by atoms with Gasteiger partial charge in [-0.1, -0.05) is 0 Å². The van der Waals surface area contributed by atoms with Gasteiger partial charge < -0.3 is 24.6 Å². The fourth-order valence-corrected chi connectivity index (χ4v) is 3.10. The molecule has 0 spiro atoms. The number of hydrogen-bond donors (Lipinski definition) is 2. The first-order chi connectivity index (χ1) is 11.7. The Labute approximate surface area is 135 Å². The molecule has 0 radical (unpaired) electrons. The molecule has 1 aliphatic rings. The minimum atomic E-state index is 0.0849. The quantitative estimate of drug-likeness (QED) is 0.552. The van der Waals surface area contributed by atoms with Crippen LogP contribution in [0.2, 0.25) is 0 Å². The zero-order valence-corrected chi connectivity index (χ0v) is 12.6. The van der Waals surface area contributed by atoms with Gasteiger partial charge in [0, 0.05) is 18.7 Å². The summed E-state index contributed by atoms with van der Waals surface area (Å²) in [7, 11) is 0. The van der Waals surface area contributed by atoms with E-state index in [4.69, 9.17) is 14.9 Å². The summed E-state index contributed by atoms with van der Waals surface area (Å²) < 4.78 is 13.1. The lowest BCUT2D eigenvalue weighted by Gasteiger charge is -2.06. The molecule has 0 saturated carbocycles. The lowest BCUT2D eigenvalue weighted by atomic mass is 10.2. The molecule has 0 aliphatic carbocycles. The topological polar surface area (TPSA) is 112 Å². The van der Waals surface area contributed by atoms with Crippen molar-refractivity contribution in [3.8, 4) is 23.0 Å². The maximum absolute atomic E-state index is 9.89. The highest BCUT2D eigenvalue weighted by Crippen LogP contribution is 2.36. The molecule has 0 bridgehead atoms. The van der Waals surface area contributed by atoms with E-state index >= 15 is 0 Å². The van der Waals surface area contributed by atoms with E-state index in [9.17, 15) is 5.11 Å². The number of aromatic hydroxyl groups is 1. The molecule has 0 unspecified atom stereocenters. The summed E-state index contributed by atoms with van der Waals surface area (Å²) in [6, 6.07) is 6.93. The standard InChI is InChI=1S/C16H13N5O3/c17-16-20-14-11(24-16)3-2-9(18-14)15-19-10-6-8(22)7-12-13(10)21(15)4-1-5-23-12/h2-3,6-7,22H,1,4-5H2,(H2,17,18,20). The Kier molecular flexibility index (Phi) is 2.53. The zero-order valence-electron chi connectivity index (χ0n) is 12.6. The van der Waals surface area contributed by atoms with Gasteiger partial charge in [-0.05, 0) is 18.6 Å². The van der Waals surface area contributed by atoms with Gasteiger partial charge in [0.25, 0.3) is 6.01 Å². The molecule has 0 atom stereocenters. The van der Waals surface area contributed by atoms with Crippen molar-refractivity contribution in [1.82, 2.24) is 19.5 Å². The van der Waals surface area contributed by atoms with Gasteiger partial charge in [0.15, 0.2) is 11.4 Å². The van der Waals surface area contributed by atoms with Gasteiger partial charge in [-0.3, -0.25) is 0 Å². The molecule has 1 aromatic carbocycles. The number of aryl methyl sites for hydroxylation is 1. The van der Waals surface area contributed by atoms with Crippen LogP contribution in [0, 0.1) is 0 Å². The van der Waals surface area contributed by atoms with Crippen LogP contribution < -0.4 is 10.5 Å². The van der Waals surface area contributed by atoms with Crippen LogP contribution in [0.25, 0.3) is 33.8 Å². The number of nitrogen functional groups attached to an aromatic ring is 1. The van der Waals surface area contributed by atoms with Gasteiger partial charge in [-0.2, -0.15) is 4.98 Å². The van der Waals surface area contributed by atoms with E-state index in [0.29, 0.717) is 40.6 Å². The number of aromatic nitrogens is 4. The average Bonchev–Trinajstić information content (AvgIpc) is 3.02. The Bertz CT molecular complexity index is 1100. The zero-order chi connectivity index (χ0) is 16.3. The maximum atomic E-state index is 9.89. The largest absolute Gasteiger partial charge is 0.508 e. The Hall–Kier alpha value is -3.29. The normalized spacial score (nSPS) is 14.0. The monoisotopic (exact) mass is 323 g/mol. The van der Waals surface area contributed by atoms with Crippen LogP contribution in [0.1, 0.15) is 6.42 Å². The number of nitrogens with zero attached hydrogens (tertiary/aromatic N) is 4. The third kappa shape index (κ3) is 1.82. The van der Waals surface area contributed by atoms with Crippen molar-refractivity contribution in [2.75, 3.05) is 12.3 Å². The summed E-state index contributed by atoms with van der Waals surface area (Å²) in [5.74, 6) is 1.46. The van der Waals surface area contributed by atoms with Crippen molar-refractivity contribution in [3.05, 3.63) is 24.3 Å². The summed E-state index contributed by atoms with van der Waals surface area (Å²) in [5.41, 5.74) is 8.75. The van der Waals surface area contributed by atoms with E-state index in [1.54, 1.807) is 18.2 Å². The predicted octanol–water partition coefficient (Wildman–Crippen LogP) is 2.31. The number of hydrogen-bond acceptors (Lipinski definition) is 7. The average molecular weight is 323 g/mol. The number of imidazole rings is 1. The minimum absolute atomic E-state index is 0.0849. The van der Waals surface area contributed by atoms with E-state index in [0.717, 1.165) is 18.5 Å². The van der Waals surface area contributed by atoms with Crippen LogP contribution in [0.15, 0.2) is 28.7 Å². The van der Waals surface area contributed by atoms with E-state index < -0.39 is 0 Å². The number of rotatable bonds is 1. The fraction of sp³-hybridized carbons (Fsp3) is 0.188. The molecular formula is C16H13N5O3. The van der Waals surface area contributed by atoms with Gasteiger partial charge in [0.1, 0.15) is 22.7 Å². The molecule has 1 aliphatic heterocycles. The molecule has 24 heavy (non-hydrogen) atoms. The summed E-state index contributed by atoms with van der Waals surface area (Å²) >= 11 is 0. The van der Waals surface area contributed by atoms with Gasteiger partial charge in [-0.25, -0.2) is 9.97 Å². The SMILES string of the molecule is Nc1nc2nc(-c3nc4cc(O)cc5c4n3CCCO5)ccc2o1. The Morgan fingerprint density at radius 3 is 3.00 bits per heavy atom. The maximum Gasteiger partial charge on any atom is 0.294 e. The first kappa shape index (κ1) is 13.2. The second-order valence-electron chi connectivity index (χ2n) is 5.67. The highest BCUT2D eigenvalue weighted by atomic mass is 16.5. The highest BCUT2D eigenvalue weighted by molar-refractivity contribution is 5.88. The van der Waals surface area contributed by atoms with Crippen molar-refractivity contribution in [3.63, 3.8) is 0 Å². The van der Waals surface area contributed by atoms with E-state index in [1.807, 2.05) is 6.07 Å². The Balaban J connectivity index is 1.79. The van der Waals surface area contributed by atoms with Gasteiger partial charge >= 0.3 is 0 Å². The number of oxazole rings is 1. The van der Waals surface area contributed by atoms with Crippen LogP contribution in [0.4, 0.5) is 6.01 Å². The number of ether oxygens (including phenoxy) is 1. The van der Waals surface area contributed by atoms with Crippen molar-refractivity contribution >= 4 is 28.3 Å². The molecule has 3 aromatic heterocycles. The third-order valence-electron chi connectivity index (χ3n) is 4.07. The molecule has 8 heteroatoms. The van der Waals surface area contributed by atoms with Crippen molar-refractivity contribution < 1.29 is 14.3 Å². The summed E-state index contributed by atoms with van der Waals surface area (Å²) in [5, 5.41) is 9.89. The molecular weight excluding hydrogens is 310 g/mol. The third-order valence-corrected chi connectivity index (χ3v) is 4.07. The van der Waals surface area contributed by atoms with Gasteiger partial charge in [0.2, 0.25) is 5.65 Å². The van der Waals surface area contributed by atoms with E-state index in [-0.39, 0.29) is 11.8 Å². The number of fused-ring (bicyclic) bond motifs is 1. The van der Waals surface area contributed by atoms with Crippen LogP contribution in [-0.4, -0.2) is 31.2 Å². The van der Waals surface area contributed by atoms with Crippen molar-refractivity contribution in [1.29, 1.82) is 0 Å². The first-order valence-electron chi connectivity index (χ1n) is 7.58. The van der Waals surface area contributed by atoms with E-state index in [1.165, 1.54) is 0 Å². The Morgan fingerprint density at radius 2 is 2.08 bits per heavy atom. The molecule has 0 fully saturated rings. The number of benzene rings is 1. The number of phenols is 1. The number of anilines is 1. The van der Waals surface area contributed by atoms with E-state index in [2.05, 4.69) is 19.5 Å². The second kappa shape index (κ2) is 4.60. The number of nitrogens with two attached hydrogens (primary N) is 1. The number of pyridine rings is 1. The van der Waals surface area contributed by atoms with Gasteiger partial charge in [0.05, 0.1) is 12.1 Å². The smallest absolute Gasteiger partial charge is 0.294 e. The Morgan fingerprint density at radius 1 is 1.17 bits per heavy atom. The second-order valence-corrected chi connectivity index (χ2v) is 5.67. The molecule has 4 aromatic rings. The van der Waals surface area contributed by atoms with Crippen molar-refractivity contribution in [2.24, 2.45) is 0 Å². The molecule has 120 valence electrons. The first-order valence-corrected chi connectivity index (χ1v) is 7.58. The highest BCUT2D eigenvalue weighted by Gasteiger charge is 2.21. The molecule has 3 N–H and O–H groups in total. The molecule has 8 nitrogen and oxygen atoms in total. The summed E-state index contributed by atoms with van der Waals surface area (Å²) in [6.45, 7) is 1.34. The molecule has 0 amide bonds. The molecule has 0 saturated heterocycles. The van der Waals surface area contributed by atoms with Gasteiger partial charge in [-0.15, -0.1) is 0 Å². The lowest BCUT2D eigenvalue weighted by Crippen LogP contribution is -2.02. The summed E-state index contributed by atoms with van der Waals surface area (Å²) in [6.07, 6.45) is 0.840. The molecule has 4 heterocycles. The predicted molar refractivity (Wildman–Crippen MR) is 86.7 cm³/mol. The van der Waals surface area contributed by atoms with Crippen LogP contribution >= 0.6 is 0 Å². The fourth-order valence-electron chi connectivity index (χ4n) is 3.10. The lowest BCUT2D eigenvalue weighted by molar-refractivity contribution is 0.314. The van der Waals surface area contributed by atoms with Crippen LogP contribution in [-0.2, 0) is 6.54 Å². The van der Waals surface area contributed by atoms with Crippen LogP contribution in [0.5, 0.6) is 11.5 Å². The molecule has 5 rings (SSSR count). The minimum Gasteiger partial charge on any atom is -0.508 e. The van der Waals surface area contributed by atoms with Crippen molar-refractivity contribution in [2.45, 2.75) is 13.0 Å².